The van der Waals surface area contributed by atoms with E-state index in [2.05, 4.69) is 82.0 Å². The molecule has 0 unspecified atom stereocenters. The number of rotatable bonds is 1. The third kappa shape index (κ3) is 2.75. The first-order valence-corrected chi connectivity index (χ1v) is 9.86. The Hall–Kier alpha value is -2.13. The summed E-state index contributed by atoms with van der Waals surface area (Å²) < 4.78 is 6.14. The van der Waals surface area contributed by atoms with E-state index in [0.29, 0.717) is 0 Å². The molecule has 2 heterocycles. The van der Waals surface area contributed by atoms with Gasteiger partial charge in [-0.05, 0) is 61.1 Å². The minimum absolute atomic E-state index is 0.135. The molecule has 0 atom stereocenters. The lowest BCUT2D eigenvalue weighted by Crippen LogP contribution is -2.18. The Labute approximate surface area is 160 Å². The van der Waals surface area contributed by atoms with Crippen molar-refractivity contribution >= 4 is 29.0 Å². The van der Waals surface area contributed by atoms with Gasteiger partial charge in [-0.1, -0.05) is 56.8 Å². The van der Waals surface area contributed by atoms with Crippen LogP contribution in [0.25, 0.3) is 0 Å². The monoisotopic (exact) mass is 363 g/mol. The standard InChI is InChI=1S/C23H25NOS/c1-14-11-17(23(4,5)6)12-15(2)21(14)24-18-9-7-8-10-19(18)26-20-13-16(3)25-22(20)24/h7-13H,1-6H3. The highest BCUT2D eigenvalue weighted by Crippen LogP contribution is 2.53. The summed E-state index contributed by atoms with van der Waals surface area (Å²) in [5.41, 5.74) is 6.46. The van der Waals surface area contributed by atoms with Gasteiger partial charge in [-0.3, -0.25) is 4.90 Å². The van der Waals surface area contributed by atoms with E-state index in [0.717, 1.165) is 11.6 Å². The van der Waals surface area contributed by atoms with Crippen LogP contribution in [-0.4, -0.2) is 0 Å². The minimum atomic E-state index is 0.135. The Morgan fingerprint density at radius 2 is 1.54 bits per heavy atom. The molecule has 0 spiro atoms. The molecule has 0 amide bonds. The summed E-state index contributed by atoms with van der Waals surface area (Å²) in [6, 6.07) is 15.3. The first-order chi connectivity index (χ1) is 12.3. The van der Waals surface area contributed by atoms with Gasteiger partial charge >= 0.3 is 0 Å². The van der Waals surface area contributed by atoms with Crippen LogP contribution in [0.5, 0.6) is 0 Å². The molecule has 0 radical (unpaired) electrons. The van der Waals surface area contributed by atoms with E-state index in [-0.39, 0.29) is 5.41 Å². The van der Waals surface area contributed by atoms with Crippen LogP contribution < -0.4 is 4.90 Å². The van der Waals surface area contributed by atoms with Crippen molar-refractivity contribution in [2.24, 2.45) is 0 Å². The summed E-state index contributed by atoms with van der Waals surface area (Å²) in [5.74, 6) is 1.88. The summed E-state index contributed by atoms with van der Waals surface area (Å²) in [6.07, 6.45) is 0. The number of furan rings is 1. The first kappa shape index (κ1) is 17.3. The molecule has 1 aliphatic heterocycles. The molecule has 3 aromatic rings. The highest BCUT2D eigenvalue weighted by atomic mass is 32.2. The van der Waals surface area contributed by atoms with E-state index in [1.165, 1.54) is 37.9 Å². The van der Waals surface area contributed by atoms with Crippen molar-refractivity contribution in [3.05, 3.63) is 64.9 Å². The lowest BCUT2D eigenvalue weighted by Gasteiger charge is -2.32. The molecule has 2 nitrogen and oxygen atoms in total. The largest absolute Gasteiger partial charge is 0.444 e. The SMILES string of the molecule is Cc1cc2c(o1)N(c1c(C)cc(C(C)(C)C)cc1C)c1ccccc1S2. The van der Waals surface area contributed by atoms with Gasteiger partial charge in [0.05, 0.1) is 16.3 Å². The van der Waals surface area contributed by atoms with E-state index in [1.807, 2.05) is 6.92 Å². The average molecular weight is 364 g/mol. The predicted molar refractivity (Wildman–Crippen MR) is 110 cm³/mol. The molecule has 3 heteroatoms. The quantitative estimate of drug-likeness (QED) is 0.350. The minimum Gasteiger partial charge on any atom is -0.444 e. The zero-order chi connectivity index (χ0) is 18.6. The van der Waals surface area contributed by atoms with Crippen molar-refractivity contribution in [3.63, 3.8) is 0 Å². The molecule has 0 N–H and O–H groups in total. The van der Waals surface area contributed by atoms with Gasteiger partial charge in [-0.25, -0.2) is 0 Å². The number of anilines is 3. The maximum atomic E-state index is 6.14. The Morgan fingerprint density at radius 1 is 0.885 bits per heavy atom. The zero-order valence-corrected chi connectivity index (χ0v) is 17.1. The third-order valence-electron chi connectivity index (χ3n) is 4.91. The van der Waals surface area contributed by atoms with E-state index in [1.54, 1.807) is 11.8 Å². The Balaban J connectivity index is 1.97. The lowest BCUT2D eigenvalue weighted by molar-refractivity contribution is 0.536. The Bertz CT molecular complexity index is 971. The smallest absolute Gasteiger partial charge is 0.218 e. The molecule has 0 saturated carbocycles. The van der Waals surface area contributed by atoms with Crippen LogP contribution in [0.2, 0.25) is 0 Å². The van der Waals surface area contributed by atoms with Gasteiger partial charge in [-0.2, -0.15) is 0 Å². The van der Waals surface area contributed by atoms with Gasteiger partial charge in [0.1, 0.15) is 5.76 Å². The van der Waals surface area contributed by atoms with E-state index in [4.69, 9.17) is 4.42 Å². The number of fused-ring (bicyclic) bond motifs is 2. The summed E-state index contributed by atoms with van der Waals surface area (Å²) in [4.78, 5) is 4.74. The number of hydrogen-bond acceptors (Lipinski definition) is 3. The zero-order valence-electron chi connectivity index (χ0n) is 16.3. The maximum Gasteiger partial charge on any atom is 0.218 e. The van der Waals surface area contributed by atoms with Crippen LogP contribution in [0, 0.1) is 20.8 Å². The van der Waals surface area contributed by atoms with Crippen molar-refractivity contribution in [1.82, 2.24) is 0 Å². The fourth-order valence-corrected chi connectivity index (χ4v) is 4.72. The Morgan fingerprint density at radius 3 is 2.19 bits per heavy atom. The second kappa shape index (κ2) is 5.95. The Kier molecular flexibility index (Phi) is 3.96. The van der Waals surface area contributed by atoms with Crippen LogP contribution in [0.1, 0.15) is 43.2 Å². The fourth-order valence-electron chi connectivity index (χ4n) is 3.63. The van der Waals surface area contributed by atoms with Gasteiger partial charge in [0, 0.05) is 4.90 Å². The van der Waals surface area contributed by atoms with Crippen molar-refractivity contribution < 1.29 is 4.42 Å². The molecule has 1 aromatic heterocycles. The molecular weight excluding hydrogens is 338 g/mol. The van der Waals surface area contributed by atoms with E-state index < -0.39 is 0 Å². The van der Waals surface area contributed by atoms with Crippen molar-refractivity contribution in [2.75, 3.05) is 4.90 Å². The number of para-hydroxylation sites is 1. The average Bonchev–Trinajstić information content (AvgIpc) is 2.92. The highest BCUT2D eigenvalue weighted by Gasteiger charge is 2.30. The molecule has 0 bridgehead atoms. The molecular formula is C23H25NOS. The molecule has 4 rings (SSSR count). The van der Waals surface area contributed by atoms with Crippen molar-refractivity contribution in [3.8, 4) is 0 Å². The van der Waals surface area contributed by atoms with Crippen LogP contribution >= 0.6 is 11.8 Å². The summed E-state index contributed by atoms with van der Waals surface area (Å²) in [7, 11) is 0. The van der Waals surface area contributed by atoms with Crippen LogP contribution in [-0.2, 0) is 5.41 Å². The molecule has 0 saturated heterocycles. The molecule has 134 valence electrons. The number of benzene rings is 2. The second-order valence-corrected chi connectivity index (χ2v) is 9.22. The predicted octanol–water partition coefficient (Wildman–Crippen LogP) is 7.44. The maximum absolute atomic E-state index is 6.14. The second-order valence-electron chi connectivity index (χ2n) is 8.14. The van der Waals surface area contributed by atoms with Gasteiger partial charge in [-0.15, -0.1) is 0 Å². The first-order valence-electron chi connectivity index (χ1n) is 9.05. The highest BCUT2D eigenvalue weighted by molar-refractivity contribution is 7.99. The summed E-state index contributed by atoms with van der Waals surface area (Å²) in [6.45, 7) is 13.2. The van der Waals surface area contributed by atoms with Gasteiger partial charge < -0.3 is 4.42 Å². The molecule has 1 aliphatic rings. The number of hydrogen-bond donors (Lipinski definition) is 0. The molecule has 26 heavy (non-hydrogen) atoms. The van der Waals surface area contributed by atoms with Crippen molar-refractivity contribution in [2.45, 2.75) is 56.7 Å². The van der Waals surface area contributed by atoms with Gasteiger partial charge in [0.2, 0.25) is 5.88 Å². The topological polar surface area (TPSA) is 16.4 Å². The van der Waals surface area contributed by atoms with Crippen LogP contribution in [0.3, 0.4) is 0 Å². The number of aryl methyl sites for hydroxylation is 3. The molecule has 2 aromatic carbocycles. The fraction of sp³-hybridized carbons (Fsp3) is 0.304. The van der Waals surface area contributed by atoms with Gasteiger partial charge in [0.25, 0.3) is 0 Å². The normalized spacial score (nSPS) is 13.5. The summed E-state index contributed by atoms with van der Waals surface area (Å²) >= 11 is 1.79. The molecule has 0 fully saturated rings. The van der Waals surface area contributed by atoms with Crippen molar-refractivity contribution in [1.29, 1.82) is 0 Å². The van der Waals surface area contributed by atoms with E-state index >= 15 is 0 Å². The molecule has 0 aliphatic carbocycles. The third-order valence-corrected chi connectivity index (χ3v) is 5.99. The van der Waals surface area contributed by atoms with Crippen LogP contribution in [0.15, 0.2) is 56.7 Å². The summed E-state index contributed by atoms with van der Waals surface area (Å²) in [5, 5.41) is 0. The lowest BCUT2D eigenvalue weighted by atomic mass is 9.84. The van der Waals surface area contributed by atoms with Crippen LogP contribution in [0.4, 0.5) is 17.3 Å². The van der Waals surface area contributed by atoms with Gasteiger partial charge in [0.15, 0.2) is 0 Å². The number of nitrogens with zero attached hydrogens (tertiary/aromatic N) is 1. The van der Waals surface area contributed by atoms with E-state index in [9.17, 15) is 0 Å².